The molecule has 0 saturated heterocycles. The van der Waals surface area contributed by atoms with Crippen LogP contribution in [0.1, 0.15) is 38.1 Å². The summed E-state index contributed by atoms with van der Waals surface area (Å²) in [6.45, 7) is 4.32. The fraction of sp³-hybridized carbons (Fsp3) is 0.391. The molecule has 1 aliphatic rings. The second-order valence-electron chi connectivity index (χ2n) is 7.17. The van der Waals surface area contributed by atoms with Gasteiger partial charge in [-0.05, 0) is 44.4 Å². The standard InChI is InChI=1S/C16H19F3N2.C7H7F3N2O/c1-3-6-12(10-13(7-4-2)16(17,18)19)15-11-14-8-5-9-21(14)20-15;1-11-5-3-2-4-6(12-5)13-7(8,9)10/h3,6-7,10-11H,4-5,8-9H2,1-2H3;2-4H,1H3,(H,11,12)/b6-3-,12-10+,13-7-;. The minimum atomic E-state index is -4.70. The van der Waals surface area contributed by atoms with Crippen LogP contribution in [0.4, 0.5) is 32.2 Å². The van der Waals surface area contributed by atoms with Gasteiger partial charge in [-0.3, -0.25) is 4.68 Å². The average molecular weight is 488 g/mol. The first kappa shape index (κ1) is 27.0. The van der Waals surface area contributed by atoms with Gasteiger partial charge in [0.2, 0.25) is 5.88 Å². The van der Waals surface area contributed by atoms with Crippen LogP contribution >= 0.6 is 0 Å². The number of fused-ring (bicyclic) bond motifs is 1. The molecule has 34 heavy (non-hydrogen) atoms. The smallest absolute Gasteiger partial charge is 0.388 e. The molecule has 0 fully saturated rings. The molecule has 1 aliphatic heterocycles. The number of ether oxygens (including phenoxy) is 1. The summed E-state index contributed by atoms with van der Waals surface area (Å²) in [4.78, 5) is 3.52. The van der Waals surface area contributed by atoms with E-state index < -0.39 is 24.0 Å². The number of hydrogen-bond donors (Lipinski definition) is 1. The van der Waals surface area contributed by atoms with Gasteiger partial charge in [-0.1, -0.05) is 31.2 Å². The molecule has 0 spiro atoms. The number of nitrogens with zero attached hydrogens (tertiary/aromatic N) is 3. The van der Waals surface area contributed by atoms with E-state index in [9.17, 15) is 26.3 Å². The second kappa shape index (κ2) is 11.8. The van der Waals surface area contributed by atoms with Crippen LogP contribution in [0.3, 0.4) is 0 Å². The zero-order valence-electron chi connectivity index (χ0n) is 19.0. The Balaban J connectivity index is 0.000000270. The van der Waals surface area contributed by atoms with Gasteiger partial charge in [0.15, 0.2) is 0 Å². The Labute approximate surface area is 193 Å². The van der Waals surface area contributed by atoms with Crippen molar-refractivity contribution < 1.29 is 31.1 Å². The predicted octanol–water partition coefficient (Wildman–Crippen LogP) is 6.71. The molecule has 3 heterocycles. The van der Waals surface area contributed by atoms with Crippen molar-refractivity contribution in [3.8, 4) is 5.88 Å². The lowest BCUT2D eigenvalue weighted by Crippen LogP contribution is -2.18. The summed E-state index contributed by atoms with van der Waals surface area (Å²) in [5.74, 6) is -0.152. The monoisotopic (exact) mass is 488 g/mol. The summed E-state index contributed by atoms with van der Waals surface area (Å²) in [7, 11) is 1.56. The van der Waals surface area contributed by atoms with Gasteiger partial charge in [0.25, 0.3) is 0 Å². The number of alkyl halides is 6. The molecule has 0 aromatic carbocycles. The average Bonchev–Trinajstić information content (AvgIpc) is 3.34. The molecule has 5 nitrogen and oxygen atoms in total. The molecule has 0 unspecified atom stereocenters. The minimum absolute atomic E-state index is 0.321. The summed E-state index contributed by atoms with van der Waals surface area (Å²) in [6.07, 6.45) is -0.918. The molecule has 2 aromatic rings. The van der Waals surface area contributed by atoms with E-state index in [1.807, 2.05) is 10.7 Å². The Bertz CT molecular complexity index is 1010. The lowest BCUT2D eigenvalue weighted by atomic mass is 10.1. The normalized spacial score (nSPS) is 14.6. The summed E-state index contributed by atoms with van der Waals surface area (Å²) in [5.41, 5.74) is 1.57. The van der Waals surface area contributed by atoms with Crippen molar-refractivity contribution in [3.63, 3.8) is 0 Å². The number of anilines is 1. The van der Waals surface area contributed by atoms with Crippen molar-refractivity contribution in [3.05, 3.63) is 65.5 Å². The van der Waals surface area contributed by atoms with Crippen molar-refractivity contribution in [2.24, 2.45) is 0 Å². The fourth-order valence-electron chi connectivity index (χ4n) is 3.16. The summed E-state index contributed by atoms with van der Waals surface area (Å²) >= 11 is 0. The van der Waals surface area contributed by atoms with Crippen molar-refractivity contribution in [2.45, 2.75) is 52.2 Å². The lowest BCUT2D eigenvalue weighted by molar-refractivity contribution is -0.276. The lowest BCUT2D eigenvalue weighted by Gasteiger charge is -2.09. The number of pyridine rings is 1. The van der Waals surface area contributed by atoms with E-state index in [0.29, 0.717) is 23.5 Å². The second-order valence-corrected chi connectivity index (χ2v) is 7.17. The van der Waals surface area contributed by atoms with Gasteiger partial charge < -0.3 is 10.1 Å². The number of aromatic nitrogens is 3. The van der Waals surface area contributed by atoms with Crippen molar-refractivity contribution >= 4 is 11.4 Å². The molecule has 0 aliphatic carbocycles. The predicted molar refractivity (Wildman–Crippen MR) is 118 cm³/mol. The highest BCUT2D eigenvalue weighted by Gasteiger charge is 2.32. The third kappa shape index (κ3) is 8.27. The molecule has 0 atom stereocenters. The number of halogens is 6. The molecular formula is C23H26F6N4O. The molecule has 0 saturated carbocycles. The first-order valence-electron chi connectivity index (χ1n) is 10.6. The van der Waals surface area contributed by atoms with Crippen LogP contribution in [-0.4, -0.2) is 34.4 Å². The van der Waals surface area contributed by atoms with Crippen LogP contribution in [0.2, 0.25) is 0 Å². The number of nitrogens with one attached hydrogen (secondary N) is 1. The maximum Gasteiger partial charge on any atom is 0.574 e. The third-order valence-electron chi connectivity index (χ3n) is 4.57. The van der Waals surface area contributed by atoms with Crippen LogP contribution in [0, 0.1) is 0 Å². The van der Waals surface area contributed by atoms with Crippen LogP contribution in [0.25, 0.3) is 5.57 Å². The quantitative estimate of drug-likeness (QED) is 0.363. The van der Waals surface area contributed by atoms with Gasteiger partial charge in [-0.2, -0.15) is 23.3 Å². The molecule has 0 bridgehead atoms. The highest BCUT2D eigenvalue weighted by Crippen LogP contribution is 2.31. The Kier molecular flexibility index (Phi) is 9.34. The van der Waals surface area contributed by atoms with Crippen molar-refractivity contribution in [1.29, 1.82) is 0 Å². The van der Waals surface area contributed by atoms with Crippen LogP contribution in [-0.2, 0) is 13.0 Å². The number of allylic oxidation sites excluding steroid dienone is 6. The summed E-state index contributed by atoms with van der Waals surface area (Å²) in [6, 6.07) is 5.97. The van der Waals surface area contributed by atoms with E-state index in [4.69, 9.17) is 0 Å². The zero-order chi connectivity index (χ0) is 25.4. The number of aryl methyl sites for hydroxylation is 2. The Hall–Kier alpha value is -3.24. The molecule has 11 heteroatoms. The first-order valence-corrected chi connectivity index (χ1v) is 10.6. The number of rotatable bonds is 6. The van der Waals surface area contributed by atoms with Crippen LogP contribution in [0.5, 0.6) is 5.88 Å². The molecule has 186 valence electrons. The van der Waals surface area contributed by atoms with Gasteiger partial charge in [0, 0.05) is 30.9 Å². The van der Waals surface area contributed by atoms with Gasteiger partial charge in [0.1, 0.15) is 5.82 Å². The van der Waals surface area contributed by atoms with E-state index >= 15 is 0 Å². The van der Waals surface area contributed by atoms with E-state index in [-0.39, 0.29) is 0 Å². The highest BCUT2D eigenvalue weighted by molar-refractivity contribution is 5.74. The van der Waals surface area contributed by atoms with Gasteiger partial charge >= 0.3 is 12.5 Å². The maximum absolute atomic E-state index is 13.0. The molecule has 3 rings (SSSR count). The van der Waals surface area contributed by atoms with Gasteiger partial charge in [0.05, 0.1) is 11.3 Å². The van der Waals surface area contributed by atoms with Gasteiger partial charge in [-0.15, -0.1) is 13.2 Å². The molecule has 0 radical (unpaired) electrons. The van der Waals surface area contributed by atoms with E-state index in [2.05, 4.69) is 20.1 Å². The largest absolute Gasteiger partial charge is 0.574 e. The van der Waals surface area contributed by atoms with Crippen LogP contribution in [0.15, 0.2) is 54.1 Å². The highest BCUT2D eigenvalue weighted by atomic mass is 19.4. The zero-order valence-corrected chi connectivity index (χ0v) is 19.0. The summed E-state index contributed by atoms with van der Waals surface area (Å²) < 4.78 is 79.6. The Morgan fingerprint density at radius 2 is 1.94 bits per heavy atom. The van der Waals surface area contributed by atoms with Crippen molar-refractivity contribution in [2.75, 3.05) is 12.4 Å². The first-order chi connectivity index (χ1) is 16.0. The minimum Gasteiger partial charge on any atom is -0.388 e. The third-order valence-corrected chi connectivity index (χ3v) is 4.57. The Morgan fingerprint density at radius 3 is 2.50 bits per heavy atom. The van der Waals surface area contributed by atoms with E-state index in [1.54, 1.807) is 33.0 Å². The van der Waals surface area contributed by atoms with E-state index in [0.717, 1.165) is 31.1 Å². The molecular weight excluding hydrogens is 462 g/mol. The summed E-state index contributed by atoms with van der Waals surface area (Å²) in [5, 5.41) is 7.00. The molecule has 0 amide bonds. The number of hydrogen-bond acceptors (Lipinski definition) is 4. The van der Waals surface area contributed by atoms with Gasteiger partial charge in [-0.25, -0.2) is 0 Å². The topological polar surface area (TPSA) is 52.0 Å². The van der Waals surface area contributed by atoms with Crippen molar-refractivity contribution in [1.82, 2.24) is 14.8 Å². The van der Waals surface area contributed by atoms with Crippen LogP contribution < -0.4 is 10.1 Å². The fourth-order valence-corrected chi connectivity index (χ4v) is 3.16. The molecule has 2 aromatic heterocycles. The SMILES string of the molecule is CNc1cccc(OC(F)(F)F)n1.C\C=C/C(=C\C(=C\CC)C(F)(F)F)c1cc2n(n1)CCC2. The Morgan fingerprint density at radius 1 is 1.21 bits per heavy atom. The molecule has 1 N–H and O–H groups in total. The maximum atomic E-state index is 13.0. The van der Waals surface area contributed by atoms with E-state index in [1.165, 1.54) is 24.3 Å².